The number of likely N-dealkylation sites (tertiary alicyclic amines) is 1. The number of hydrogen-bond acceptors (Lipinski definition) is 3. The molecular formula is C13H26N2O2. The molecule has 1 unspecified atom stereocenters. The Balaban J connectivity index is 2.20. The molecule has 0 radical (unpaired) electrons. The summed E-state index contributed by atoms with van der Waals surface area (Å²) in [5, 5.41) is 9.04. The number of aliphatic hydroxyl groups excluding tert-OH is 1. The molecule has 4 heteroatoms. The van der Waals surface area contributed by atoms with E-state index < -0.39 is 0 Å². The lowest BCUT2D eigenvalue weighted by atomic mass is 9.96. The van der Waals surface area contributed by atoms with Crippen LogP contribution < -0.4 is 5.73 Å². The first-order valence-electron chi connectivity index (χ1n) is 6.76. The molecule has 1 amide bonds. The summed E-state index contributed by atoms with van der Waals surface area (Å²) in [5.41, 5.74) is 5.49. The number of hydrogen-bond donors (Lipinski definition) is 2. The average Bonchev–Trinajstić information content (AvgIpc) is 2.36. The second kappa shape index (κ2) is 7.67. The highest BCUT2D eigenvalue weighted by molar-refractivity contribution is 5.76. The second-order valence-corrected chi connectivity index (χ2v) is 5.23. The normalized spacial score (nSPS) is 19.4. The van der Waals surface area contributed by atoms with Crippen molar-refractivity contribution in [2.24, 2.45) is 17.6 Å². The first-order chi connectivity index (χ1) is 8.17. The van der Waals surface area contributed by atoms with Gasteiger partial charge in [-0.3, -0.25) is 4.79 Å². The van der Waals surface area contributed by atoms with E-state index in [0.29, 0.717) is 24.8 Å². The fraction of sp³-hybridized carbons (Fsp3) is 0.923. The minimum Gasteiger partial charge on any atom is -0.396 e. The molecule has 0 spiro atoms. The van der Waals surface area contributed by atoms with Gasteiger partial charge in [-0.1, -0.05) is 6.92 Å². The van der Waals surface area contributed by atoms with Crippen molar-refractivity contribution in [3.63, 3.8) is 0 Å². The topological polar surface area (TPSA) is 66.6 Å². The first-order valence-corrected chi connectivity index (χ1v) is 6.76. The Labute approximate surface area is 104 Å². The third-order valence-corrected chi connectivity index (χ3v) is 3.74. The van der Waals surface area contributed by atoms with Gasteiger partial charge in [0.1, 0.15) is 0 Å². The van der Waals surface area contributed by atoms with Crippen molar-refractivity contribution in [3.8, 4) is 0 Å². The smallest absolute Gasteiger partial charge is 0.222 e. The van der Waals surface area contributed by atoms with Crippen molar-refractivity contribution < 1.29 is 9.90 Å². The van der Waals surface area contributed by atoms with Crippen LogP contribution in [0.4, 0.5) is 0 Å². The van der Waals surface area contributed by atoms with Crippen molar-refractivity contribution in [3.05, 3.63) is 0 Å². The number of aliphatic hydroxyl groups is 1. The number of amides is 1. The SMILES string of the molecule is CC(CCN)CCC(=O)N1CCC(CO)CC1. The maximum atomic E-state index is 11.9. The monoisotopic (exact) mass is 242 g/mol. The molecule has 0 saturated carbocycles. The van der Waals surface area contributed by atoms with Crippen LogP contribution in [0.5, 0.6) is 0 Å². The molecule has 17 heavy (non-hydrogen) atoms. The van der Waals surface area contributed by atoms with Gasteiger partial charge in [-0.15, -0.1) is 0 Å². The van der Waals surface area contributed by atoms with Gasteiger partial charge >= 0.3 is 0 Å². The Kier molecular flexibility index (Phi) is 6.52. The molecule has 1 atom stereocenters. The molecule has 0 aromatic heterocycles. The van der Waals surface area contributed by atoms with E-state index in [1.165, 1.54) is 0 Å². The number of rotatable bonds is 6. The van der Waals surface area contributed by atoms with Crippen molar-refractivity contribution in [2.75, 3.05) is 26.2 Å². The van der Waals surface area contributed by atoms with E-state index in [0.717, 1.165) is 38.8 Å². The quantitative estimate of drug-likeness (QED) is 0.729. The van der Waals surface area contributed by atoms with Gasteiger partial charge in [-0.25, -0.2) is 0 Å². The van der Waals surface area contributed by atoms with Gasteiger partial charge in [0.2, 0.25) is 5.91 Å². The third kappa shape index (κ3) is 5.04. The highest BCUT2D eigenvalue weighted by Crippen LogP contribution is 2.18. The summed E-state index contributed by atoms with van der Waals surface area (Å²) in [6.45, 7) is 4.75. The van der Waals surface area contributed by atoms with Crippen LogP contribution in [0, 0.1) is 11.8 Å². The predicted molar refractivity (Wildman–Crippen MR) is 68.5 cm³/mol. The molecule has 0 aromatic rings. The van der Waals surface area contributed by atoms with Gasteiger partial charge in [0, 0.05) is 26.1 Å². The van der Waals surface area contributed by atoms with Gasteiger partial charge in [0.15, 0.2) is 0 Å². The van der Waals surface area contributed by atoms with Crippen LogP contribution in [-0.4, -0.2) is 42.2 Å². The summed E-state index contributed by atoms with van der Waals surface area (Å²) in [7, 11) is 0. The van der Waals surface area contributed by atoms with E-state index in [9.17, 15) is 4.79 Å². The highest BCUT2D eigenvalue weighted by atomic mass is 16.3. The summed E-state index contributed by atoms with van der Waals surface area (Å²) >= 11 is 0. The van der Waals surface area contributed by atoms with Crippen molar-refractivity contribution >= 4 is 5.91 Å². The third-order valence-electron chi connectivity index (χ3n) is 3.74. The Hall–Kier alpha value is -0.610. The Morgan fingerprint density at radius 2 is 2.06 bits per heavy atom. The molecule has 1 aliphatic heterocycles. The van der Waals surface area contributed by atoms with Gasteiger partial charge in [-0.2, -0.15) is 0 Å². The number of carbonyl (C=O) groups is 1. The number of nitrogens with two attached hydrogens (primary N) is 1. The lowest BCUT2D eigenvalue weighted by Gasteiger charge is -2.31. The summed E-state index contributed by atoms with van der Waals surface area (Å²) in [6.07, 6.45) is 4.47. The van der Waals surface area contributed by atoms with Crippen LogP contribution in [0.2, 0.25) is 0 Å². The molecule has 1 fully saturated rings. The van der Waals surface area contributed by atoms with E-state index in [1.807, 2.05) is 4.90 Å². The maximum absolute atomic E-state index is 11.9. The molecule has 0 bridgehead atoms. The molecule has 1 rings (SSSR count). The molecular weight excluding hydrogens is 216 g/mol. The minimum absolute atomic E-state index is 0.259. The molecule has 1 aliphatic rings. The molecule has 100 valence electrons. The van der Waals surface area contributed by atoms with Gasteiger partial charge in [0.25, 0.3) is 0 Å². The Morgan fingerprint density at radius 1 is 1.41 bits per heavy atom. The first kappa shape index (κ1) is 14.5. The van der Waals surface area contributed by atoms with E-state index >= 15 is 0 Å². The maximum Gasteiger partial charge on any atom is 0.222 e. The summed E-state index contributed by atoms with van der Waals surface area (Å²) in [5.74, 6) is 1.21. The molecule has 0 aliphatic carbocycles. The average molecular weight is 242 g/mol. The molecule has 4 nitrogen and oxygen atoms in total. The van der Waals surface area contributed by atoms with Crippen molar-refractivity contribution in [1.82, 2.24) is 4.90 Å². The zero-order chi connectivity index (χ0) is 12.7. The largest absolute Gasteiger partial charge is 0.396 e. The lowest BCUT2D eigenvalue weighted by Crippen LogP contribution is -2.39. The fourth-order valence-corrected chi connectivity index (χ4v) is 2.32. The number of carbonyl (C=O) groups excluding carboxylic acids is 1. The van der Waals surface area contributed by atoms with Crippen LogP contribution in [-0.2, 0) is 4.79 Å². The van der Waals surface area contributed by atoms with Gasteiger partial charge < -0.3 is 15.7 Å². The van der Waals surface area contributed by atoms with Crippen LogP contribution in [0.15, 0.2) is 0 Å². The van der Waals surface area contributed by atoms with Crippen LogP contribution in [0.1, 0.15) is 39.0 Å². The highest BCUT2D eigenvalue weighted by Gasteiger charge is 2.22. The zero-order valence-electron chi connectivity index (χ0n) is 10.9. The van der Waals surface area contributed by atoms with E-state index in [2.05, 4.69) is 6.92 Å². The summed E-state index contributed by atoms with van der Waals surface area (Å²) < 4.78 is 0. The lowest BCUT2D eigenvalue weighted by molar-refractivity contribution is -0.133. The fourth-order valence-electron chi connectivity index (χ4n) is 2.32. The Bertz CT molecular complexity index is 225. The van der Waals surface area contributed by atoms with Gasteiger partial charge in [-0.05, 0) is 44.1 Å². The molecule has 3 N–H and O–H groups in total. The van der Waals surface area contributed by atoms with E-state index in [-0.39, 0.29) is 12.5 Å². The van der Waals surface area contributed by atoms with Crippen LogP contribution in [0.3, 0.4) is 0 Å². The summed E-state index contributed by atoms with van der Waals surface area (Å²) in [6, 6.07) is 0. The van der Waals surface area contributed by atoms with Crippen molar-refractivity contribution in [1.29, 1.82) is 0 Å². The van der Waals surface area contributed by atoms with Crippen LogP contribution >= 0.6 is 0 Å². The minimum atomic E-state index is 0.259. The number of piperidine rings is 1. The van der Waals surface area contributed by atoms with Crippen molar-refractivity contribution in [2.45, 2.75) is 39.0 Å². The predicted octanol–water partition coefficient (Wildman–Crippen LogP) is 0.982. The standard InChI is InChI=1S/C13H26N2O2/c1-11(4-7-14)2-3-13(17)15-8-5-12(10-16)6-9-15/h11-12,16H,2-10,14H2,1H3. The zero-order valence-corrected chi connectivity index (χ0v) is 10.9. The van der Waals surface area contributed by atoms with E-state index in [1.54, 1.807) is 0 Å². The summed E-state index contributed by atoms with van der Waals surface area (Å²) in [4.78, 5) is 13.9. The molecule has 1 saturated heterocycles. The number of nitrogens with zero attached hydrogens (tertiary/aromatic N) is 1. The van der Waals surface area contributed by atoms with E-state index in [4.69, 9.17) is 10.8 Å². The Morgan fingerprint density at radius 3 is 2.59 bits per heavy atom. The second-order valence-electron chi connectivity index (χ2n) is 5.23. The molecule has 0 aromatic carbocycles. The molecule has 1 heterocycles. The van der Waals surface area contributed by atoms with Crippen LogP contribution in [0.25, 0.3) is 0 Å². The van der Waals surface area contributed by atoms with Gasteiger partial charge in [0.05, 0.1) is 0 Å².